The Morgan fingerprint density at radius 2 is 1.33 bits per heavy atom. The van der Waals surface area contributed by atoms with Crippen LogP contribution in [0.2, 0.25) is 0 Å². The molecule has 3 aromatic carbocycles. The number of benzene rings is 3. The van der Waals surface area contributed by atoms with Crippen molar-refractivity contribution < 1.29 is 14.4 Å². The van der Waals surface area contributed by atoms with Gasteiger partial charge in [0.25, 0.3) is 0 Å². The summed E-state index contributed by atoms with van der Waals surface area (Å²) < 4.78 is 0. The molecule has 0 amide bonds. The molecule has 0 aliphatic heterocycles. The molecule has 130 valence electrons. The van der Waals surface area contributed by atoms with Crippen molar-refractivity contribution in [1.82, 2.24) is 0 Å². The zero-order chi connectivity index (χ0) is 18.8. The predicted molar refractivity (Wildman–Crippen MR) is 105 cm³/mol. The summed E-state index contributed by atoms with van der Waals surface area (Å²) in [4.78, 5) is 39.7. The molecule has 3 nitrogen and oxygen atoms in total. The van der Waals surface area contributed by atoms with Gasteiger partial charge in [0.1, 0.15) is 0 Å². The molecule has 0 saturated heterocycles. The molecule has 4 rings (SSSR count). The fourth-order valence-corrected chi connectivity index (χ4v) is 3.93. The lowest BCUT2D eigenvalue weighted by Crippen LogP contribution is -2.18. The van der Waals surface area contributed by atoms with Crippen LogP contribution < -0.4 is 0 Å². The Balaban J connectivity index is 1.87. The highest BCUT2D eigenvalue weighted by atomic mass is 32.2. The van der Waals surface area contributed by atoms with E-state index in [1.165, 1.54) is 23.9 Å². The SMILES string of the molecule is O=C1C=CC(=O)c2c1cc(Sc1ccccc1)cc2C(=O)c1ccccc1. The number of hydrogen-bond donors (Lipinski definition) is 0. The van der Waals surface area contributed by atoms with Crippen LogP contribution in [0.1, 0.15) is 36.6 Å². The van der Waals surface area contributed by atoms with Crippen molar-refractivity contribution in [2.45, 2.75) is 9.79 Å². The lowest BCUT2D eigenvalue weighted by molar-refractivity contribution is 0.0983. The van der Waals surface area contributed by atoms with Crippen LogP contribution in [0.4, 0.5) is 0 Å². The Bertz CT molecular complexity index is 1080. The Hall–Kier alpha value is -3.24. The van der Waals surface area contributed by atoms with E-state index in [9.17, 15) is 14.4 Å². The van der Waals surface area contributed by atoms with E-state index in [1.54, 1.807) is 36.4 Å². The van der Waals surface area contributed by atoms with Crippen molar-refractivity contribution in [3.8, 4) is 0 Å². The largest absolute Gasteiger partial charge is 0.289 e. The minimum atomic E-state index is -0.319. The minimum Gasteiger partial charge on any atom is -0.289 e. The molecule has 27 heavy (non-hydrogen) atoms. The quantitative estimate of drug-likeness (QED) is 0.606. The summed E-state index contributed by atoms with van der Waals surface area (Å²) in [5.74, 6) is -0.846. The van der Waals surface area contributed by atoms with Crippen LogP contribution in [-0.4, -0.2) is 17.3 Å². The Labute approximate surface area is 160 Å². The molecule has 0 aromatic heterocycles. The molecule has 0 atom stereocenters. The lowest BCUT2D eigenvalue weighted by atomic mass is 9.87. The minimum absolute atomic E-state index is 0.189. The van der Waals surface area contributed by atoms with Gasteiger partial charge >= 0.3 is 0 Å². The van der Waals surface area contributed by atoms with Crippen molar-refractivity contribution in [3.05, 3.63) is 107 Å². The third-order valence-electron chi connectivity index (χ3n) is 4.27. The molecule has 3 aromatic rings. The van der Waals surface area contributed by atoms with Gasteiger partial charge in [-0.05, 0) is 36.4 Å². The van der Waals surface area contributed by atoms with Crippen molar-refractivity contribution >= 4 is 29.1 Å². The topological polar surface area (TPSA) is 51.2 Å². The van der Waals surface area contributed by atoms with Gasteiger partial charge in [0.2, 0.25) is 0 Å². The molecule has 0 saturated carbocycles. The zero-order valence-corrected chi connectivity index (χ0v) is 15.0. The van der Waals surface area contributed by atoms with Crippen molar-refractivity contribution in [1.29, 1.82) is 0 Å². The summed E-state index contributed by atoms with van der Waals surface area (Å²) >= 11 is 1.45. The van der Waals surface area contributed by atoms with Gasteiger partial charge in [-0.2, -0.15) is 0 Å². The van der Waals surface area contributed by atoms with Gasteiger partial charge in [-0.1, -0.05) is 60.3 Å². The third kappa shape index (κ3) is 3.39. The van der Waals surface area contributed by atoms with Crippen LogP contribution in [0.25, 0.3) is 0 Å². The Morgan fingerprint density at radius 1 is 0.704 bits per heavy atom. The van der Waals surface area contributed by atoms with Gasteiger partial charge in [0.15, 0.2) is 17.3 Å². The lowest BCUT2D eigenvalue weighted by Gasteiger charge is -2.16. The molecular weight excluding hydrogens is 356 g/mol. The van der Waals surface area contributed by atoms with Crippen molar-refractivity contribution in [2.24, 2.45) is 0 Å². The second-order valence-corrected chi connectivity index (χ2v) is 7.21. The third-order valence-corrected chi connectivity index (χ3v) is 5.25. The summed E-state index contributed by atoms with van der Waals surface area (Å²) in [6, 6.07) is 21.9. The first-order chi connectivity index (χ1) is 13.1. The monoisotopic (exact) mass is 370 g/mol. The van der Waals surface area contributed by atoms with Gasteiger partial charge < -0.3 is 0 Å². The number of hydrogen-bond acceptors (Lipinski definition) is 4. The number of fused-ring (bicyclic) bond motifs is 1. The number of rotatable bonds is 4. The smallest absolute Gasteiger partial charge is 0.193 e. The second kappa shape index (κ2) is 7.17. The van der Waals surface area contributed by atoms with E-state index in [-0.39, 0.29) is 34.0 Å². The highest BCUT2D eigenvalue weighted by Crippen LogP contribution is 2.33. The highest BCUT2D eigenvalue weighted by Gasteiger charge is 2.27. The zero-order valence-electron chi connectivity index (χ0n) is 14.2. The Morgan fingerprint density at radius 3 is 2.04 bits per heavy atom. The first kappa shape index (κ1) is 17.2. The van der Waals surface area contributed by atoms with Crippen LogP contribution in [0.3, 0.4) is 0 Å². The maximum absolute atomic E-state index is 13.1. The van der Waals surface area contributed by atoms with Crippen molar-refractivity contribution in [3.63, 3.8) is 0 Å². The van der Waals surface area contributed by atoms with E-state index < -0.39 is 0 Å². The molecule has 0 bridgehead atoms. The summed E-state index contributed by atoms with van der Waals surface area (Å²) in [5.41, 5.74) is 1.22. The first-order valence-corrected chi connectivity index (χ1v) is 9.22. The highest BCUT2D eigenvalue weighted by molar-refractivity contribution is 7.99. The van der Waals surface area contributed by atoms with E-state index >= 15 is 0 Å². The molecule has 0 heterocycles. The van der Waals surface area contributed by atoms with Crippen LogP contribution >= 0.6 is 11.8 Å². The average molecular weight is 370 g/mol. The van der Waals surface area contributed by atoms with Gasteiger partial charge in [0.05, 0.1) is 0 Å². The summed E-state index contributed by atoms with van der Waals surface area (Å²) in [5, 5.41) is 0. The van der Waals surface area contributed by atoms with E-state index in [2.05, 4.69) is 0 Å². The molecule has 0 spiro atoms. The van der Waals surface area contributed by atoms with E-state index in [0.29, 0.717) is 5.56 Å². The van der Waals surface area contributed by atoms with E-state index in [0.717, 1.165) is 9.79 Å². The molecular formula is C23H14O3S. The molecule has 1 aliphatic rings. The van der Waals surface area contributed by atoms with Gasteiger partial charge in [-0.25, -0.2) is 0 Å². The van der Waals surface area contributed by atoms with Gasteiger partial charge in [-0.15, -0.1) is 0 Å². The number of ketones is 3. The number of allylic oxidation sites excluding steroid dienone is 2. The fourth-order valence-electron chi connectivity index (χ4n) is 3.01. The molecule has 0 fully saturated rings. The average Bonchev–Trinajstić information content (AvgIpc) is 2.71. The van der Waals surface area contributed by atoms with Gasteiger partial charge in [-0.3, -0.25) is 14.4 Å². The van der Waals surface area contributed by atoms with Gasteiger partial charge in [0, 0.05) is 32.0 Å². The summed E-state index contributed by atoms with van der Waals surface area (Å²) in [6.07, 6.45) is 2.49. The Kier molecular flexibility index (Phi) is 4.57. The van der Waals surface area contributed by atoms with Crippen LogP contribution in [0, 0.1) is 0 Å². The molecule has 4 heteroatoms. The fraction of sp³-hybridized carbons (Fsp3) is 0. The second-order valence-electron chi connectivity index (χ2n) is 6.07. The van der Waals surface area contributed by atoms with E-state index in [4.69, 9.17) is 0 Å². The van der Waals surface area contributed by atoms with Crippen molar-refractivity contribution in [2.75, 3.05) is 0 Å². The summed E-state index contributed by atoms with van der Waals surface area (Å²) in [6.45, 7) is 0. The summed E-state index contributed by atoms with van der Waals surface area (Å²) in [7, 11) is 0. The maximum atomic E-state index is 13.1. The maximum Gasteiger partial charge on any atom is 0.193 e. The van der Waals surface area contributed by atoms with Crippen LogP contribution in [0.5, 0.6) is 0 Å². The molecule has 0 unspecified atom stereocenters. The molecule has 0 N–H and O–H groups in total. The van der Waals surface area contributed by atoms with Crippen LogP contribution in [-0.2, 0) is 0 Å². The number of carbonyl (C=O) groups excluding carboxylic acids is 3. The van der Waals surface area contributed by atoms with Crippen LogP contribution in [0.15, 0.2) is 94.7 Å². The predicted octanol–water partition coefficient (Wildman–Crippen LogP) is 5.00. The van der Waals surface area contributed by atoms with E-state index in [1.807, 2.05) is 36.4 Å². The molecule has 0 radical (unpaired) electrons. The normalized spacial score (nSPS) is 12.7. The first-order valence-electron chi connectivity index (χ1n) is 8.41. The molecule has 1 aliphatic carbocycles. The number of carbonyl (C=O) groups is 3. The standard InChI is InChI=1S/C23H14O3S/c24-20-11-12-21(25)22-18(20)13-17(27-16-9-5-2-6-10-16)14-19(22)23(26)15-7-3-1-4-8-15/h1-14H.